The molecule has 0 amide bonds. The SMILES string of the molecule is CCc1cnc(S)nc1O. The molecule has 0 spiro atoms. The van der Waals surface area contributed by atoms with Crippen LogP contribution in [0.2, 0.25) is 0 Å². The number of aromatic hydroxyl groups is 1. The van der Waals surface area contributed by atoms with Gasteiger partial charge in [-0.05, 0) is 6.42 Å². The van der Waals surface area contributed by atoms with Gasteiger partial charge in [0.05, 0.1) is 0 Å². The molecule has 1 aromatic heterocycles. The molecule has 10 heavy (non-hydrogen) atoms. The highest BCUT2D eigenvalue weighted by Crippen LogP contribution is 2.13. The van der Waals surface area contributed by atoms with E-state index in [-0.39, 0.29) is 5.88 Å². The van der Waals surface area contributed by atoms with Crippen molar-refractivity contribution in [2.75, 3.05) is 0 Å². The van der Waals surface area contributed by atoms with Gasteiger partial charge in [0.25, 0.3) is 0 Å². The first-order chi connectivity index (χ1) is 4.74. The van der Waals surface area contributed by atoms with E-state index < -0.39 is 0 Å². The number of aromatic nitrogens is 2. The Balaban J connectivity index is 3.07. The largest absolute Gasteiger partial charge is 0.493 e. The molecule has 3 nitrogen and oxygen atoms in total. The van der Waals surface area contributed by atoms with Crippen LogP contribution in [0.25, 0.3) is 0 Å². The standard InChI is InChI=1S/C6H8N2OS/c1-2-4-3-7-6(10)8-5(4)9/h3H,2H2,1H3,(H2,7,8,9,10). The molecule has 0 aliphatic rings. The Labute approximate surface area is 64.5 Å². The number of hydrogen-bond donors (Lipinski definition) is 2. The molecular formula is C6H8N2OS. The first-order valence-electron chi connectivity index (χ1n) is 2.98. The van der Waals surface area contributed by atoms with Crippen molar-refractivity contribution in [3.8, 4) is 5.88 Å². The normalized spacial score (nSPS) is 9.80. The van der Waals surface area contributed by atoms with Crippen LogP contribution in [0.4, 0.5) is 0 Å². The molecule has 0 aliphatic carbocycles. The second-order valence-corrected chi connectivity index (χ2v) is 2.27. The highest BCUT2D eigenvalue weighted by atomic mass is 32.1. The van der Waals surface area contributed by atoms with Crippen LogP contribution < -0.4 is 0 Å². The summed E-state index contributed by atoms with van der Waals surface area (Å²) in [4.78, 5) is 7.46. The van der Waals surface area contributed by atoms with Gasteiger partial charge < -0.3 is 5.11 Å². The molecule has 0 aliphatic heterocycles. The molecule has 0 bridgehead atoms. The summed E-state index contributed by atoms with van der Waals surface area (Å²) in [5.74, 6) is 0.0301. The molecule has 4 heteroatoms. The van der Waals surface area contributed by atoms with Crippen molar-refractivity contribution < 1.29 is 5.11 Å². The number of thiol groups is 1. The summed E-state index contributed by atoms with van der Waals surface area (Å²) in [6.07, 6.45) is 2.31. The first kappa shape index (κ1) is 7.34. The van der Waals surface area contributed by atoms with Crippen molar-refractivity contribution in [1.29, 1.82) is 0 Å². The third-order valence-electron chi connectivity index (χ3n) is 1.21. The van der Waals surface area contributed by atoms with Crippen LogP contribution in [-0.4, -0.2) is 15.1 Å². The molecule has 0 saturated heterocycles. The second-order valence-electron chi connectivity index (χ2n) is 1.87. The van der Waals surface area contributed by atoms with Gasteiger partial charge >= 0.3 is 0 Å². The summed E-state index contributed by atoms with van der Waals surface area (Å²) in [6.45, 7) is 1.93. The number of nitrogens with zero attached hydrogens (tertiary/aromatic N) is 2. The second kappa shape index (κ2) is 2.88. The molecule has 1 aromatic rings. The van der Waals surface area contributed by atoms with Gasteiger partial charge in [-0.1, -0.05) is 6.92 Å². The smallest absolute Gasteiger partial charge is 0.218 e. The Hall–Kier alpha value is -0.770. The van der Waals surface area contributed by atoms with Crippen LogP contribution in [-0.2, 0) is 6.42 Å². The van der Waals surface area contributed by atoms with Crippen LogP contribution in [0.5, 0.6) is 5.88 Å². The minimum Gasteiger partial charge on any atom is -0.493 e. The molecule has 1 heterocycles. The quantitative estimate of drug-likeness (QED) is 0.471. The maximum Gasteiger partial charge on any atom is 0.218 e. The summed E-state index contributed by atoms with van der Waals surface area (Å²) in [5.41, 5.74) is 0.748. The molecule has 0 fully saturated rings. The lowest BCUT2D eigenvalue weighted by molar-refractivity contribution is 0.438. The van der Waals surface area contributed by atoms with Crippen LogP contribution in [0.1, 0.15) is 12.5 Å². The molecular weight excluding hydrogens is 148 g/mol. The summed E-state index contributed by atoms with van der Waals surface area (Å²) in [7, 11) is 0. The average Bonchev–Trinajstić information content (AvgIpc) is 1.88. The summed E-state index contributed by atoms with van der Waals surface area (Å²) >= 11 is 3.86. The van der Waals surface area contributed by atoms with Crippen LogP contribution >= 0.6 is 12.6 Å². The Kier molecular flexibility index (Phi) is 2.11. The minimum atomic E-state index is 0.0301. The summed E-state index contributed by atoms with van der Waals surface area (Å²) in [6, 6.07) is 0. The lowest BCUT2D eigenvalue weighted by Crippen LogP contribution is -1.88. The highest BCUT2D eigenvalue weighted by Gasteiger charge is 1.99. The molecule has 1 N–H and O–H groups in total. The monoisotopic (exact) mass is 156 g/mol. The molecule has 0 radical (unpaired) electrons. The minimum absolute atomic E-state index is 0.0301. The predicted octanol–water partition coefficient (Wildman–Crippen LogP) is 1.03. The lowest BCUT2D eigenvalue weighted by atomic mass is 10.3. The van der Waals surface area contributed by atoms with E-state index >= 15 is 0 Å². The Bertz CT molecular complexity index is 239. The highest BCUT2D eigenvalue weighted by molar-refractivity contribution is 7.80. The molecule has 1 rings (SSSR count). The number of hydrogen-bond acceptors (Lipinski definition) is 4. The average molecular weight is 156 g/mol. The van der Waals surface area contributed by atoms with Gasteiger partial charge in [0, 0.05) is 11.8 Å². The third-order valence-corrected chi connectivity index (χ3v) is 1.43. The Morgan fingerprint density at radius 3 is 2.90 bits per heavy atom. The van der Waals surface area contributed by atoms with E-state index in [9.17, 15) is 0 Å². The van der Waals surface area contributed by atoms with Gasteiger partial charge in [0.15, 0.2) is 5.16 Å². The van der Waals surface area contributed by atoms with Gasteiger partial charge in [-0.15, -0.1) is 12.6 Å². The van der Waals surface area contributed by atoms with Crippen molar-refractivity contribution >= 4 is 12.6 Å². The maximum atomic E-state index is 9.09. The summed E-state index contributed by atoms with van der Waals surface area (Å²) in [5, 5.41) is 9.39. The van der Waals surface area contributed by atoms with Crippen molar-refractivity contribution in [2.45, 2.75) is 18.5 Å². The van der Waals surface area contributed by atoms with E-state index in [2.05, 4.69) is 22.6 Å². The van der Waals surface area contributed by atoms with Gasteiger partial charge in [0.2, 0.25) is 5.88 Å². The Morgan fingerprint density at radius 1 is 1.70 bits per heavy atom. The van der Waals surface area contributed by atoms with Gasteiger partial charge in [-0.3, -0.25) is 0 Å². The van der Waals surface area contributed by atoms with Gasteiger partial charge in [-0.2, -0.15) is 4.98 Å². The van der Waals surface area contributed by atoms with Crippen LogP contribution in [0, 0.1) is 0 Å². The van der Waals surface area contributed by atoms with Crippen LogP contribution in [0.15, 0.2) is 11.4 Å². The zero-order chi connectivity index (χ0) is 7.56. The van der Waals surface area contributed by atoms with E-state index in [0.717, 1.165) is 12.0 Å². The predicted molar refractivity (Wildman–Crippen MR) is 40.3 cm³/mol. The molecule has 54 valence electrons. The molecule has 0 aromatic carbocycles. The summed E-state index contributed by atoms with van der Waals surface area (Å²) < 4.78 is 0. The maximum absolute atomic E-state index is 9.09. The third kappa shape index (κ3) is 1.39. The van der Waals surface area contributed by atoms with Crippen LogP contribution in [0.3, 0.4) is 0 Å². The fraction of sp³-hybridized carbons (Fsp3) is 0.333. The van der Waals surface area contributed by atoms with E-state index in [0.29, 0.717) is 5.16 Å². The molecule has 0 saturated carbocycles. The van der Waals surface area contributed by atoms with E-state index in [4.69, 9.17) is 5.11 Å². The number of rotatable bonds is 1. The zero-order valence-corrected chi connectivity index (χ0v) is 6.47. The first-order valence-corrected chi connectivity index (χ1v) is 3.42. The molecule has 0 unspecified atom stereocenters. The van der Waals surface area contributed by atoms with Gasteiger partial charge in [0.1, 0.15) is 0 Å². The van der Waals surface area contributed by atoms with Crippen molar-refractivity contribution in [1.82, 2.24) is 9.97 Å². The van der Waals surface area contributed by atoms with Crippen molar-refractivity contribution in [2.24, 2.45) is 0 Å². The zero-order valence-electron chi connectivity index (χ0n) is 5.57. The van der Waals surface area contributed by atoms with Gasteiger partial charge in [-0.25, -0.2) is 4.98 Å². The van der Waals surface area contributed by atoms with Crippen molar-refractivity contribution in [3.05, 3.63) is 11.8 Å². The Morgan fingerprint density at radius 2 is 2.40 bits per heavy atom. The van der Waals surface area contributed by atoms with E-state index in [1.165, 1.54) is 0 Å². The fourth-order valence-electron chi connectivity index (χ4n) is 0.638. The fourth-order valence-corrected chi connectivity index (χ4v) is 0.791. The van der Waals surface area contributed by atoms with E-state index in [1.807, 2.05) is 6.92 Å². The number of aryl methyl sites for hydroxylation is 1. The van der Waals surface area contributed by atoms with E-state index in [1.54, 1.807) is 6.20 Å². The van der Waals surface area contributed by atoms with Crippen molar-refractivity contribution in [3.63, 3.8) is 0 Å². The molecule has 0 atom stereocenters. The topological polar surface area (TPSA) is 46.0 Å². The lowest BCUT2D eigenvalue weighted by Gasteiger charge is -1.97.